The minimum Gasteiger partial charge on any atom is -0.492 e. The zero-order valence-electron chi connectivity index (χ0n) is 17.0. The molecule has 0 radical (unpaired) electrons. The van der Waals surface area contributed by atoms with E-state index in [9.17, 15) is 9.59 Å². The number of rotatable bonds is 5. The maximum atomic E-state index is 12.7. The van der Waals surface area contributed by atoms with Gasteiger partial charge >= 0.3 is 0 Å². The van der Waals surface area contributed by atoms with E-state index in [-0.39, 0.29) is 17.7 Å². The molecule has 1 fully saturated rings. The molecule has 1 saturated carbocycles. The van der Waals surface area contributed by atoms with E-state index in [4.69, 9.17) is 16.3 Å². The van der Waals surface area contributed by atoms with Crippen molar-refractivity contribution in [1.29, 1.82) is 0 Å². The normalized spacial score (nSPS) is 18.8. The highest BCUT2D eigenvalue weighted by atomic mass is 35.5. The molecule has 2 amide bonds. The van der Waals surface area contributed by atoms with Gasteiger partial charge in [-0.3, -0.25) is 9.59 Å². The smallest absolute Gasteiger partial charge is 0.255 e. The van der Waals surface area contributed by atoms with Crippen molar-refractivity contribution in [2.75, 3.05) is 18.5 Å². The molecule has 1 aliphatic carbocycles. The Hall–Kier alpha value is -2.53. The van der Waals surface area contributed by atoms with Crippen LogP contribution in [-0.2, 0) is 11.2 Å². The second kappa shape index (κ2) is 9.52. The summed E-state index contributed by atoms with van der Waals surface area (Å²) in [4.78, 5) is 25.1. The summed E-state index contributed by atoms with van der Waals surface area (Å²) in [5, 5.41) is 6.54. The molecule has 2 N–H and O–H groups in total. The quantitative estimate of drug-likeness (QED) is 0.718. The van der Waals surface area contributed by atoms with Crippen molar-refractivity contribution >= 4 is 29.1 Å². The van der Waals surface area contributed by atoms with Gasteiger partial charge in [0.25, 0.3) is 5.91 Å². The maximum Gasteiger partial charge on any atom is 0.255 e. The third-order valence-electron chi connectivity index (χ3n) is 5.97. The largest absolute Gasteiger partial charge is 0.492 e. The first-order valence-corrected chi connectivity index (χ1v) is 11.1. The summed E-state index contributed by atoms with van der Waals surface area (Å²) in [7, 11) is 0. The number of amides is 2. The first kappa shape index (κ1) is 20.7. The van der Waals surface area contributed by atoms with Gasteiger partial charge in [-0.2, -0.15) is 0 Å². The Morgan fingerprint density at radius 2 is 1.90 bits per heavy atom. The number of nitrogens with one attached hydrogen (secondary N) is 2. The number of fused-ring (bicyclic) bond motifs is 1. The lowest BCUT2D eigenvalue weighted by molar-refractivity contribution is -0.126. The van der Waals surface area contributed by atoms with Crippen molar-refractivity contribution in [3.8, 4) is 5.75 Å². The van der Waals surface area contributed by atoms with E-state index < -0.39 is 0 Å². The molecule has 6 heteroatoms. The summed E-state index contributed by atoms with van der Waals surface area (Å²) < 4.78 is 5.82. The van der Waals surface area contributed by atoms with Crippen LogP contribution in [0.15, 0.2) is 42.5 Å². The van der Waals surface area contributed by atoms with Crippen LogP contribution in [0, 0.1) is 11.8 Å². The van der Waals surface area contributed by atoms with Gasteiger partial charge in [-0.15, -0.1) is 0 Å². The van der Waals surface area contributed by atoms with E-state index in [1.54, 1.807) is 24.3 Å². The van der Waals surface area contributed by atoms with Crippen LogP contribution < -0.4 is 15.4 Å². The maximum absolute atomic E-state index is 12.7. The average Bonchev–Trinajstić information content (AvgIpc) is 2.77. The number of ether oxygens (including phenoxy) is 1. The van der Waals surface area contributed by atoms with Crippen molar-refractivity contribution in [2.24, 2.45) is 11.8 Å². The molecule has 0 saturated heterocycles. The van der Waals surface area contributed by atoms with Crippen LogP contribution in [-0.4, -0.2) is 25.0 Å². The molecule has 5 nitrogen and oxygen atoms in total. The molecule has 1 heterocycles. The zero-order valence-corrected chi connectivity index (χ0v) is 17.7. The van der Waals surface area contributed by atoms with Gasteiger partial charge in [0.05, 0.1) is 5.92 Å². The van der Waals surface area contributed by atoms with E-state index in [0.29, 0.717) is 35.2 Å². The molecular formula is C24H27ClN2O3. The van der Waals surface area contributed by atoms with Gasteiger partial charge in [0.1, 0.15) is 12.4 Å². The number of carbonyl (C=O) groups is 2. The van der Waals surface area contributed by atoms with Gasteiger partial charge in [-0.1, -0.05) is 36.9 Å². The van der Waals surface area contributed by atoms with Gasteiger partial charge in [-0.25, -0.2) is 0 Å². The van der Waals surface area contributed by atoms with Crippen molar-refractivity contribution in [1.82, 2.24) is 5.32 Å². The van der Waals surface area contributed by atoms with Crippen LogP contribution in [0.1, 0.15) is 48.0 Å². The first-order chi connectivity index (χ1) is 14.6. The molecule has 158 valence electrons. The lowest BCUT2D eigenvalue weighted by atomic mass is 9.89. The average molecular weight is 427 g/mol. The van der Waals surface area contributed by atoms with E-state index in [2.05, 4.69) is 10.6 Å². The Morgan fingerprint density at radius 1 is 1.07 bits per heavy atom. The molecular weight excluding hydrogens is 400 g/mol. The van der Waals surface area contributed by atoms with Crippen molar-refractivity contribution in [3.05, 3.63) is 58.6 Å². The third kappa shape index (κ3) is 5.14. The number of benzene rings is 2. The number of hydrogen-bond acceptors (Lipinski definition) is 3. The summed E-state index contributed by atoms with van der Waals surface area (Å²) in [6, 6.07) is 12.4. The van der Waals surface area contributed by atoms with Gasteiger partial charge in [0.15, 0.2) is 0 Å². The van der Waals surface area contributed by atoms with Gasteiger partial charge in [0, 0.05) is 22.8 Å². The van der Waals surface area contributed by atoms with E-state index in [1.165, 1.54) is 32.1 Å². The number of halogens is 1. The van der Waals surface area contributed by atoms with Gasteiger partial charge in [-0.05, 0) is 67.1 Å². The van der Waals surface area contributed by atoms with Crippen LogP contribution >= 0.6 is 11.6 Å². The molecule has 0 unspecified atom stereocenters. The lowest BCUT2D eigenvalue weighted by Crippen LogP contribution is -2.39. The molecule has 0 aromatic heterocycles. The summed E-state index contributed by atoms with van der Waals surface area (Å²) in [5.74, 6) is 0.996. The standard InChI is InChI=1S/C24H27ClN2O3/c25-20-8-4-7-17(12-20)24(29)27-21-9-10-22-18(13-21)11-19(15-30-22)23(28)26-14-16-5-2-1-3-6-16/h4,7-10,12-13,16,19H,1-3,5-6,11,14-15H2,(H,26,28)(H,27,29)/t19-/m1/s1. The van der Waals surface area contributed by atoms with Gasteiger partial charge < -0.3 is 15.4 Å². The van der Waals surface area contributed by atoms with Crippen molar-refractivity contribution in [2.45, 2.75) is 38.5 Å². The molecule has 4 rings (SSSR count). The van der Waals surface area contributed by atoms with Crippen LogP contribution in [0.2, 0.25) is 5.02 Å². The number of anilines is 1. The molecule has 2 aromatic rings. The van der Waals surface area contributed by atoms with Crippen LogP contribution in [0.3, 0.4) is 0 Å². The van der Waals surface area contributed by atoms with Gasteiger partial charge in [0.2, 0.25) is 5.91 Å². The van der Waals surface area contributed by atoms with E-state index in [0.717, 1.165) is 17.9 Å². The minimum absolute atomic E-state index is 0.0552. The fraction of sp³-hybridized carbons (Fsp3) is 0.417. The highest BCUT2D eigenvalue weighted by Gasteiger charge is 2.27. The fourth-order valence-corrected chi connectivity index (χ4v) is 4.44. The number of carbonyl (C=O) groups excluding carboxylic acids is 2. The second-order valence-corrected chi connectivity index (χ2v) is 8.68. The Kier molecular flexibility index (Phi) is 6.58. The summed E-state index contributed by atoms with van der Waals surface area (Å²) in [5.41, 5.74) is 2.10. The SMILES string of the molecule is O=C(Nc1ccc2c(c1)C[C@@H](C(=O)NCC1CCCCC1)CO2)c1cccc(Cl)c1. The second-order valence-electron chi connectivity index (χ2n) is 8.25. The molecule has 2 aliphatic rings. The Morgan fingerprint density at radius 3 is 2.70 bits per heavy atom. The van der Waals surface area contributed by atoms with Crippen molar-refractivity contribution < 1.29 is 14.3 Å². The predicted octanol–water partition coefficient (Wildman–Crippen LogP) is 4.84. The molecule has 1 aliphatic heterocycles. The zero-order chi connectivity index (χ0) is 20.9. The highest BCUT2D eigenvalue weighted by Crippen LogP contribution is 2.30. The summed E-state index contributed by atoms with van der Waals surface area (Å²) in [6.45, 7) is 1.15. The summed E-state index contributed by atoms with van der Waals surface area (Å²) in [6.07, 6.45) is 6.87. The monoisotopic (exact) mass is 426 g/mol. The van der Waals surface area contributed by atoms with E-state index >= 15 is 0 Å². The predicted molar refractivity (Wildman–Crippen MR) is 118 cm³/mol. The van der Waals surface area contributed by atoms with E-state index in [1.807, 2.05) is 18.2 Å². The minimum atomic E-state index is -0.226. The fourth-order valence-electron chi connectivity index (χ4n) is 4.25. The Bertz CT molecular complexity index is 924. The topological polar surface area (TPSA) is 67.4 Å². The van der Waals surface area contributed by atoms with Crippen LogP contribution in [0.4, 0.5) is 5.69 Å². The van der Waals surface area contributed by atoms with Crippen LogP contribution in [0.25, 0.3) is 0 Å². The molecule has 1 atom stereocenters. The highest BCUT2D eigenvalue weighted by molar-refractivity contribution is 6.31. The number of hydrogen-bond donors (Lipinski definition) is 2. The Balaban J connectivity index is 1.36. The van der Waals surface area contributed by atoms with Crippen LogP contribution in [0.5, 0.6) is 5.75 Å². The Labute approximate surface area is 182 Å². The molecule has 0 spiro atoms. The molecule has 2 aromatic carbocycles. The molecule has 30 heavy (non-hydrogen) atoms. The van der Waals surface area contributed by atoms with Crippen molar-refractivity contribution in [3.63, 3.8) is 0 Å². The molecule has 0 bridgehead atoms. The third-order valence-corrected chi connectivity index (χ3v) is 6.21. The first-order valence-electron chi connectivity index (χ1n) is 10.7. The summed E-state index contributed by atoms with van der Waals surface area (Å²) >= 11 is 5.97. The lowest BCUT2D eigenvalue weighted by Gasteiger charge is -2.27.